The number of aromatic nitrogens is 2. The zero-order valence-electron chi connectivity index (χ0n) is 11.4. The monoisotopic (exact) mass is 263 g/mol. The number of nitrogens with one attached hydrogen (secondary N) is 1. The van der Waals surface area contributed by atoms with Crippen molar-refractivity contribution in [2.24, 2.45) is 5.92 Å². The van der Waals surface area contributed by atoms with Gasteiger partial charge in [0.1, 0.15) is 5.82 Å². The number of aryl methyl sites for hydroxylation is 1. The van der Waals surface area contributed by atoms with Gasteiger partial charge in [-0.2, -0.15) is 0 Å². The molecule has 1 N–H and O–H groups in total. The second kappa shape index (κ2) is 5.43. The topological polar surface area (TPSA) is 58.2 Å². The molecule has 0 amide bonds. The summed E-state index contributed by atoms with van der Waals surface area (Å²) in [5.41, 5.74) is 0.819. The summed E-state index contributed by atoms with van der Waals surface area (Å²) < 4.78 is 5.80. The minimum atomic E-state index is -0.0474. The molecule has 1 unspecified atom stereocenters. The van der Waals surface area contributed by atoms with Crippen LogP contribution in [0.1, 0.15) is 31.3 Å². The Kier molecular flexibility index (Phi) is 3.66. The molecule has 104 valence electrons. The van der Waals surface area contributed by atoms with Crippen LogP contribution < -0.4 is 5.56 Å². The van der Waals surface area contributed by atoms with Gasteiger partial charge in [-0.05, 0) is 25.2 Å². The summed E-state index contributed by atoms with van der Waals surface area (Å²) in [4.78, 5) is 21.2. The van der Waals surface area contributed by atoms with Crippen molar-refractivity contribution in [1.29, 1.82) is 0 Å². The summed E-state index contributed by atoms with van der Waals surface area (Å²) in [6.45, 7) is 5.41. The fourth-order valence-electron chi connectivity index (χ4n) is 2.66. The van der Waals surface area contributed by atoms with Gasteiger partial charge in [-0.1, -0.05) is 6.92 Å². The molecule has 2 aliphatic rings. The molecule has 5 heteroatoms. The third-order valence-electron chi connectivity index (χ3n) is 3.90. The van der Waals surface area contributed by atoms with Crippen molar-refractivity contribution in [3.8, 4) is 0 Å². The largest absolute Gasteiger partial charge is 0.375 e. The lowest BCUT2D eigenvalue weighted by Gasteiger charge is -2.32. The molecule has 1 aromatic rings. The fourth-order valence-corrected chi connectivity index (χ4v) is 2.66. The minimum absolute atomic E-state index is 0.0474. The minimum Gasteiger partial charge on any atom is -0.375 e. The van der Waals surface area contributed by atoms with Crippen molar-refractivity contribution < 1.29 is 4.74 Å². The second-order valence-electron chi connectivity index (χ2n) is 5.52. The van der Waals surface area contributed by atoms with E-state index < -0.39 is 0 Å². The van der Waals surface area contributed by atoms with E-state index in [9.17, 15) is 4.79 Å². The van der Waals surface area contributed by atoms with Gasteiger partial charge in [-0.15, -0.1) is 0 Å². The van der Waals surface area contributed by atoms with Gasteiger partial charge in [0.2, 0.25) is 0 Å². The van der Waals surface area contributed by atoms with E-state index in [4.69, 9.17) is 4.74 Å². The molecule has 19 heavy (non-hydrogen) atoms. The van der Waals surface area contributed by atoms with Crippen LogP contribution in [-0.2, 0) is 17.7 Å². The average molecular weight is 263 g/mol. The highest BCUT2D eigenvalue weighted by molar-refractivity contribution is 5.02. The van der Waals surface area contributed by atoms with Gasteiger partial charge in [0.05, 0.1) is 19.3 Å². The molecule has 0 radical (unpaired) electrons. The average Bonchev–Trinajstić information content (AvgIpc) is 3.22. The van der Waals surface area contributed by atoms with E-state index in [2.05, 4.69) is 14.9 Å². The van der Waals surface area contributed by atoms with Crippen molar-refractivity contribution in [2.45, 2.75) is 38.8 Å². The maximum atomic E-state index is 11.6. The van der Waals surface area contributed by atoms with Gasteiger partial charge in [-0.3, -0.25) is 9.69 Å². The second-order valence-corrected chi connectivity index (χ2v) is 5.52. The van der Waals surface area contributed by atoms with Crippen LogP contribution in [0.15, 0.2) is 10.9 Å². The first-order chi connectivity index (χ1) is 9.24. The molecule has 3 rings (SSSR count). The zero-order valence-corrected chi connectivity index (χ0v) is 11.4. The van der Waals surface area contributed by atoms with Gasteiger partial charge in [-0.25, -0.2) is 4.98 Å². The van der Waals surface area contributed by atoms with Crippen molar-refractivity contribution in [3.63, 3.8) is 0 Å². The number of hydrogen-bond donors (Lipinski definition) is 1. The smallest absolute Gasteiger partial charge is 0.251 e. The molecule has 1 atom stereocenters. The van der Waals surface area contributed by atoms with Crippen LogP contribution in [-0.4, -0.2) is 40.7 Å². The van der Waals surface area contributed by atoms with Crippen molar-refractivity contribution in [3.05, 3.63) is 27.9 Å². The summed E-state index contributed by atoms with van der Waals surface area (Å²) >= 11 is 0. The first kappa shape index (κ1) is 12.8. The Balaban J connectivity index is 1.66. The quantitative estimate of drug-likeness (QED) is 0.878. The molecular weight excluding hydrogens is 242 g/mol. The Morgan fingerprint density at radius 1 is 1.53 bits per heavy atom. The molecule has 1 saturated heterocycles. The van der Waals surface area contributed by atoms with Crippen molar-refractivity contribution >= 4 is 0 Å². The van der Waals surface area contributed by atoms with Crippen LogP contribution in [0, 0.1) is 5.92 Å². The number of rotatable bonds is 4. The van der Waals surface area contributed by atoms with Gasteiger partial charge < -0.3 is 9.72 Å². The Labute approximate surface area is 113 Å². The van der Waals surface area contributed by atoms with Crippen LogP contribution in [0.4, 0.5) is 0 Å². The Morgan fingerprint density at radius 3 is 3.11 bits per heavy atom. The number of nitrogens with zero attached hydrogens (tertiary/aromatic N) is 2. The molecule has 1 aliphatic heterocycles. The van der Waals surface area contributed by atoms with Crippen molar-refractivity contribution in [2.75, 3.05) is 19.7 Å². The summed E-state index contributed by atoms with van der Waals surface area (Å²) in [7, 11) is 0. The van der Waals surface area contributed by atoms with E-state index in [1.54, 1.807) is 6.07 Å². The molecule has 1 aliphatic carbocycles. The Hall–Kier alpha value is -1.20. The van der Waals surface area contributed by atoms with Crippen LogP contribution in [0.3, 0.4) is 0 Å². The molecule has 1 saturated carbocycles. The first-order valence-electron chi connectivity index (χ1n) is 7.17. The highest BCUT2D eigenvalue weighted by Gasteiger charge is 2.35. The van der Waals surface area contributed by atoms with E-state index >= 15 is 0 Å². The molecule has 2 heterocycles. The fraction of sp³-hybridized carbons (Fsp3) is 0.714. The van der Waals surface area contributed by atoms with Crippen LogP contribution in [0.25, 0.3) is 0 Å². The highest BCUT2D eigenvalue weighted by atomic mass is 16.5. The molecule has 0 bridgehead atoms. The number of H-pyrrole nitrogens is 1. The first-order valence-corrected chi connectivity index (χ1v) is 7.17. The summed E-state index contributed by atoms with van der Waals surface area (Å²) in [5, 5.41) is 0. The molecule has 0 aromatic carbocycles. The molecule has 2 fully saturated rings. The lowest BCUT2D eigenvalue weighted by atomic mass is 10.2. The lowest BCUT2D eigenvalue weighted by molar-refractivity contribution is -0.0425. The molecular formula is C14H21N3O2. The van der Waals surface area contributed by atoms with Crippen LogP contribution in [0.2, 0.25) is 0 Å². The SMILES string of the molecule is CCc1cc(=O)[nH]c(CN2CCOC(C3CC3)C2)n1. The normalized spacial score (nSPS) is 24.6. The van der Waals surface area contributed by atoms with E-state index in [0.717, 1.165) is 50.1 Å². The zero-order chi connectivity index (χ0) is 13.2. The Bertz CT molecular complexity index is 496. The third kappa shape index (κ3) is 3.22. The highest BCUT2D eigenvalue weighted by Crippen LogP contribution is 2.35. The van der Waals surface area contributed by atoms with Gasteiger partial charge in [0.15, 0.2) is 0 Å². The van der Waals surface area contributed by atoms with E-state index in [0.29, 0.717) is 6.10 Å². The molecule has 1 aromatic heterocycles. The molecule has 0 spiro atoms. The summed E-state index contributed by atoms with van der Waals surface area (Å²) in [6, 6.07) is 1.58. The van der Waals surface area contributed by atoms with E-state index in [1.807, 2.05) is 6.92 Å². The number of morpholine rings is 1. The van der Waals surface area contributed by atoms with Crippen molar-refractivity contribution in [1.82, 2.24) is 14.9 Å². The maximum Gasteiger partial charge on any atom is 0.251 e. The van der Waals surface area contributed by atoms with Crippen LogP contribution in [0.5, 0.6) is 0 Å². The van der Waals surface area contributed by atoms with Crippen LogP contribution >= 0.6 is 0 Å². The van der Waals surface area contributed by atoms with Gasteiger partial charge in [0.25, 0.3) is 5.56 Å². The maximum absolute atomic E-state index is 11.6. The van der Waals surface area contributed by atoms with E-state index in [-0.39, 0.29) is 5.56 Å². The summed E-state index contributed by atoms with van der Waals surface area (Å²) in [5.74, 6) is 1.54. The predicted octanol–water partition coefficient (Wildman–Crippen LogP) is 0.943. The third-order valence-corrected chi connectivity index (χ3v) is 3.90. The standard InChI is InChI=1S/C14H21N3O2/c1-2-11-7-14(18)16-13(15-11)9-17-5-6-19-12(8-17)10-3-4-10/h7,10,12H,2-6,8-9H2,1H3,(H,15,16,18). The number of aromatic amines is 1. The lowest BCUT2D eigenvalue weighted by Crippen LogP contribution is -2.43. The van der Waals surface area contributed by atoms with E-state index in [1.165, 1.54) is 12.8 Å². The molecule has 5 nitrogen and oxygen atoms in total. The number of hydrogen-bond acceptors (Lipinski definition) is 4. The number of ether oxygens (including phenoxy) is 1. The Morgan fingerprint density at radius 2 is 2.37 bits per heavy atom. The van der Waals surface area contributed by atoms with Gasteiger partial charge in [0, 0.05) is 24.8 Å². The predicted molar refractivity (Wildman–Crippen MR) is 72.0 cm³/mol. The summed E-state index contributed by atoms with van der Waals surface area (Å²) in [6.07, 6.45) is 3.79. The van der Waals surface area contributed by atoms with Gasteiger partial charge >= 0.3 is 0 Å².